The fourth-order valence-electron chi connectivity index (χ4n) is 3.20. The molecule has 0 aromatic carbocycles. The van der Waals surface area contributed by atoms with Crippen LogP contribution in [0.2, 0.25) is 0 Å². The molecule has 1 aromatic rings. The highest BCUT2D eigenvalue weighted by Crippen LogP contribution is 2.28. The Labute approximate surface area is 159 Å². The monoisotopic (exact) mass is 379 g/mol. The second-order valence-electron chi connectivity index (χ2n) is 7.73. The molecule has 4 N–H and O–H groups in total. The number of nitrogen functional groups attached to an aromatic ring is 1. The highest BCUT2D eigenvalue weighted by atomic mass is 16.6. The normalized spacial score (nSPS) is 22.7. The first kappa shape index (κ1) is 20.6. The molecule has 0 spiro atoms. The number of pyridine rings is 1. The quantitative estimate of drug-likeness (QED) is 0.732. The number of methoxy groups -OCH3 is 1. The lowest BCUT2D eigenvalue weighted by Gasteiger charge is -2.44. The van der Waals surface area contributed by atoms with E-state index in [-0.39, 0.29) is 12.0 Å². The molecule has 1 aliphatic rings. The average molecular weight is 379 g/mol. The number of hydrogen-bond donors (Lipinski definition) is 3. The van der Waals surface area contributed by atoms with Crippen molar-refractivity contribution in [1.82, 2.24) is 15.6 Å². The molecule has 2 amide bonds. The molecule has 1 aromatic heterocycles. The van der Waals surface area contributed by atoms with Crippen LogP contribution >= 0.6 is 0 Å². The molecule has 27 heavy (non-hydrogen) atoms. The number of alkyl carbamates (subject to hydrolysis) is 2. The lowest BCUT2D eigenvalue weighted by atomic mass is 9.89. The van der Waals surface area contributed by atoms with Gasteiger partial charge in [0.2, 0.25) is 0 Å². The molecule has 2 heterocycles. The number of aromatic nitrogens is 1. The molecule has 2 rings (SSSR count). The molecule has 1 saturated heterocycles. The first-order valence-corrected chi connectivity index (χ1v) is 8.89. The molecule has 0 bridgehead atoms. The van der Waals surface area contributed by atoms with E-state index in [9.17, 15) is 9.59 Å². The van der Waals surface area contributed by atoms with Crippen LogP contribution in [0.4, 0.5) is 21.0 Å². The zero-order valence-electron chi connectivity index (χ0n) is 16.5. The minimum atomic E-state index is -0.620. The van der Waals surface area contributed by atoms with Crippen molar-refractivity contribution in [3.63, 3.8) is 0 Å². The molecule has 0 radical (unpaired) electrons. The van der Waals surface area contributed by atoms with Crippen LogP contribution in [0.25, 0.3) is 0 Å². The second-order valence-corrected chi connectivity index (χ2v) is 7.73. The van der Waals surface area contributed by atoms with Crippen molar-refractivity contribution in [2.24, 2.45) is 5.92 Å². The summed E-state index contributed by atoms with van der Waals surface area (Å²) < 4.78 is 10.1. The minimum Gasteiger partial charge on any atom is -0.453 e. The van der Waals surface area contributed by atoms with E-state index in [1.165, 1.54) is 7.11 Å². The Morgan fingerprint density at radius 3 is 2.56 bits per heavy atom. The lowest BCUT2D eigenvalue weighted by Crippen LogP contribution is -2.64. The number of hydrogen-bond acceptors (Lipinski definition) is 7. The number of nitrogens with two attached hydrogens (primary N) is 1. The Morgan fingerprint density at radius 1 is 1.26 bits per heavy atom. The molecule has 9 heteroatoms. The van der Waals surface area contributed by atoms with E-state index in [0.29, 0.717) is 18.8 Å². The molecule has 150 valence electrons. The number of amides is 2. The van der Waals surface area contributed by atoms with Crippen LogP contribution in [0.1, 0.15) is 27.7 Å². The number of carbonyl (C=O) groups excluding carboxylic acids is 2. The predicted octanol–water partition coefficient (Wildman–Crippen LogP) is 1.74. The van der Waals surface area contributed by atoms with Gasteiger partial charge in [0, 0.05) is 19.3 Å². The summed E-state index contributed by atoms with van der Waals surface area (Å²) in [6.45, 7) is 8.48. The summed E-state index contributed by atoms with van der Waals surface area (Å²) in [4.78, 5) is 30.2. The third kappa shape index (κ3) is 5.63. The lowest BCUT2D eigenvalue weighted by molar-refractivity contribution is 0.0477. The van der Waals surface area contributed by atoms with Gasteiger partial charge < -0.3 is 30.7 Å². The van der Waals surface area contributed by atoms with Gasteiger partial charge in [0.25, 0.3) is 0 Å². The summed E-state index contributed by atoms with van der Waals surface area (Å²) in [6, 6.07) is 1.13. The Kier molecular flexibility index (Phi) is 6.35. The van der Waals surface area contributed by atoms with Crippen molar-refractivity contribution in [1.29, 1.82) is 0 Å². The van der Waals surface area contributed by atoms with E-state index in [1.807, 2.05) is 13.0 Å². The van der Waals surface area contributed by atoms with E-state index < -0.39 is 23.8 Å². The fourth-order valence-corrected chi connectivity index (χ4v) is 3.20. The van der Waals surface area contributed by atoms with Crippen molar-refractivity contribution in [3.05, 3.63) is 18.5 Å². The third-order valence-electron chi connectivity index (χ3n) is 4.31. The van der Waals surface area contributed by atoms with E-state index in [4.69, 9.17) is 15.2 Å². The Balaban J connectivity index is 2.22. The highest BCUT2D eigenvalue weighted by molar-refractivity contribution is 5.71. The van der Waals surface area contributed by atoms with Crippen LogP contribution in [0.15, 0.2) is 18.5 Å². The second kappa shape index (κ2) is 8.32. The molecule has 9 nitrogen and oxygen atoms in total. The number of anilines is 2. The van der Waals surface area contributed by atoms with E-state index >= 15 is 0 Å². The fraction of sp³-hybridized carbons (Fsp3) is 0.611. The third-order valence-corrected chi connectivity index (χ3v) is 4.31. The smallest absolute Gasteiger partial charge is 0.408 e. The molecular weight excluding hydrogens is 350 g/mol. The number of nitrogens with one attached hydrogen (secondary N) is 2. The number of ether oxygens (including phenoxy) is 2. The number of rotatable bonds is 3. The van der Waals surface area contributed by atoms with Crippen LogP contribution in [0.3, 0.4) is 0 Å². The van der Waals surface area contributed by atoms with Gasteiger partial charge in [0.05, 0.1) is 36.8 Å². The van der Waals surface area contributed by atoms with Gasteiger partial charge in [0.1, 0.15) is 5.60 Å². The van der Waals surface area contributed by atoms with Gasteiger partial charge in [0.15, 0.2) is 0 Å². The molecule has 1 fully saturated rings. The Bertz CT molecular complexity index is 676. The van der Waals surface area contributed by atoms with Gasteiger partial charge in [-0.3, -0.25) is 4.98 Å². The highest BCUT2D eigenvalue weighted by Gasteiger charge is 2.38. The molecule has 1 aliphatic heterocycles. The van der Waals surface area contributed by atoms with Gasteiger partial charge >= 0.3 is 12.2 Å². The maximum atomic E-state index is 12.3. The Morgan fingerprint density at radius 2 is 1.96 bits per heavy atom. The van der Waals surface area contributed by atoms with Crippen LogP contribution in [0, 0.1) is 5.92 Å². The summed E-state index contributed by atoms with van der Waals surface area (Å²) in [7, 11) is 1.31. The van der Waals surface area contributed by atoms with Crippen molar-refractivity contribution < 1.29 is 19.1 Å². The largest absolute Gasteiger partial charge is 0.453 e. The summed E-state index contributed by atoms with van der Waals surface area (Å²) in [5.74, 6) is 0.0188. The summed E-state index contributed by atoms with van der Waals surface area (Å²) in [5.41, 5.74) is 6.83. The Hall–Kier alpha value is -2.71. The SMILES string of the molecule is COC(=O)NC1C(C)CN(c2ccncc2N)CC1NC(=O)OC(C)(C)C. The van der Waals surface area contributed by atoms with E-state index in [0.717, 1.165) is 5.69 Å². The summed E-state index contributed by atoms with van der Waals surface area (Å²) in [5, 5.41) is 5.70. The van der Waals surface area contributed by atoms with Crippen molar-refractivity contribution in [2.45, 2.75) is 45.4 Å². The van der Waals surface area contributed by atoms with Gasteiger partial charge in [-0.05, 0) is 32.8 Å². The molecule has 0 aliphatic carbocycles. The zero-order chi connectivity index (χ0) is 20.2. The van der Waals surface area contributed by atoms with Crippen molar-refractivity contribution >= 4 is 23.6 Å². The maximum absolute atomic E-state index is 12.3. The summed E-state index contributed by atoms with van der Waals surface area (Å²) >= 11 is 0. The van der Waals surface area contributed by atoms with Gasteiger partial charge in [-0.15, -0.1) is 0 Å². The van der Waals surface area contributed by atoms with Crippen molar-refractivity contribution in [2.75, 3.05) is 30.8 Å². The standard InChI is InChI=1S/C18H29N5O4/c1-11-9-23(14-6-7-20-8-12(14)19)10-13(15(11)22-16(24)26-5)21-17(25)27-18(2,3)4/h6-8,11,13,15H,9-10,19H2,1-5H3,(H,21,25)(H,22,24). The van der Waals surface area contributed by atoms with Gasteiger partial charge in [-0.1, -0.05) is 6.92 Å². The summed E-state index contributed by atoms with van der Waals surface area (Å²) in [6.07, 6.45) is 2.18. The van der Waals surface area contributed by atoms with Crippen molar-refractivity contribution in [3.8, 4) is 0 Å². The topological polar surface area (TPSA) is 119 Å². The van der Waals surface area contributed by atoms with E-state index in [1.54, 1.807) is 33.2 Å². The number of piperidine rings is 1. The maximum Gasteiger partial charge on any atom is 0.408 e. The minimum absolute atomic E-state index is 0.0188. The van der Waals surface area contributed by atoms with Gasteiger partial charge in [-0.2, -0.15) is 0 Å². The van der Waals surface area contributed by atoms with Gasteiger partial charge in [-0.25, -0.2) is 9.59 Å². The molecule has 3 unspecified atom stereocenters. The predicted molar refractivity (Wildman–Crippen MR) is 103 cm³/mol. The van der Waals surface area contributed by atoms with E-state index in [2.05, 4.69) is 20.5 Å². The molecule has 3 atom stereocenters. The first-order chi connectivity index (χ1) is 12.6. The van der Waals surface area contributed by atoms with Crippen LogP contribution in [-0.4, -0.2) is 55.1 Å². The number of nitrogens with zero attached hydrogens (tertiary/aromatic N) is 2. The van der Waals surface area contributed by atoms with Crippen LogP contribution in [0.5, 0.6) is 0 Å². The average Bonchev–Trinajstić information content (AvgIpc) is 2.56. The van der Waals surface area contributed by atoms with Crippen LogP contribution in [-0.2, 0) is 9.47 Å². The molecule has 0 saturated carbocycles. The van der Waals surface area contributed by atoms with Crippen LogP contribution < -0.4 is 21.3 Å². The molecular formula is C18H29N5O4. The zero-order valence-corrected chi connectivity index (χ0v) is 16.5. The number of carbonyl (C=O) groups is 2. The first-order valence-electron chi connectivity index (χ1n) is 8.89.